The number of nitrogens with one attached hydrogen (secondary N) is 2. The summed E-state index contributed by atoms with van der Waals surface area (Å²) in [5, 5.41) is 6.02. The maximum atomic E-state index is 12.1. The third-order valence-electron chi connectivity index (χ3n) is 2.72. The van der Waals surface area contributed by atoms with Crippen LogP contribution in [0.4, 0.5) is 8.78 Å². The van der Waals surface area contributed by atoms with E-state index >= 15 is 0 Å². The number of guanidine groups is 1. The molecule has 0 fully saturated rings. The maximum Gasteiger partial charge on any atom is 0.257 e. The van der Waals surface area contributed by atoms with Crippen molar-refractivity contribution in [1.29, 1.82) is 0 Å². The standard InChI is InChI=1S/C15H23F2N3/c1-4-18-15(20-10-14(16)17)19-6-5-13-8-11(2)7-12(3)9-13/h7-9,14H,4-6,10H2,1-3H3,(H2,18,19,20). The molecule has 1 aromatic carbocycles. The molecule has 1 rings (SSSR count). The molecule has 0 radical (unpaired) electrons. The molecule has 0 amide bonds. The molecule has 0 bridgehead atoms. The summed E-state index contributed by atoms with van der Waals surface area (Å²) in [4.78, 5) is 3.82. The van der Waals surface area contributed by atoms with E-state index in [0.717, 1.165) is 6.42 Å². The lowest BCUT2D eigenvalue weighted by Crippen LogP contribution is -2.38. The normalized spacial score (nSPS) is 11.8. The average Bonchev–Trinajstić information content (AvgIpc) is 2.34. The molecule has 5 heteroatoms. The first-order chi connectivity index (χ1) is 9.51. The van der Waals surface area contributed by atoms with Gasteiger partial charge in [0, 0.05) is 13.1 Å². The fourth-order valence-electron chi connectivity index (χ4n) is 2.04. The first-order valence-corrected chi connectivity index (χ1v) is 6.88. The van der Waals surface area contributed by atoms with Crippen molar-refractivity contribution < 1.29 is 8.78 Å². The van der Waals surface area contributed by atoms with Crippen LogP contribution in [0.2, 0.25) is 0 Å². The number of hydrogen-bond donors (Lipinski definition) is 2. The van der Waals surface area contributed by atoms with Crippen molar-refractivity contribution in [3.8, 4) is 0 Å². The van der Waals surface area contributed by atoms with Gasteiger partial charge in [-0.2, -0.15) is 0 Å². The molecule has 112 valence electrons. The Kier molecular flexibility index (Phi) is 6.98. The largest absolute Gasteiger partial charge is 0.357 e. The van der Waals surface area contributed by atoms with Crippen LogP contribution in [0.5, 0.6) is 0 Å². The molecule has 0 aliphatic rings. The second-order valence-corrected chi connectivity index (χ2v) is 4.78. The summed E-state index contributed by atoms with van der Waals surface area (Å²) in [5.41, 5.74) is 3.70. The number of nitrogens with zero attached hydrogens (tertiary/aromatic N) is 1. The first-order valence-electron chi connectivity index (χ1n) is 6.88. The summed E-state index contributed by atoms with van der Waals surface area (Å²) >= 11 is 0. The van der Waals surface area contributed by atoms with E-state index in [1.807, 2.05) is 6.92 Å². The Labute approximate surface area is 119 Å². The van der Waals surface area contributed by atoms with Gasteiger partial charge in [0.25, 0.3) is 6.43 Å². The minimum Gasteiger partial charge on any atom is -0.357 e. The monoisotopic (exact) mass is 283 g/mol. The SMILES string of the molecule is CCNC(=NCC(F)F)NCCc1cc(C)cc(C)c1. The Hall–Kier alpha value is -1.65. The smallest absolute Gasteiger partial charge is 0.257 e. The van der Waals surface area contributed by atoms with Gasteiger partial charge in [-0.25, -0.2) is 13.8 Å². The van der Waals surface area contributed by atoms with Crippen LogP contribution in [0.15, 0.2) is 23.2 Å². The molecule has 3 nitrogen and oxygen atoms in total. The molecule has 20 heavy (non-hydrogen) atoms. The van der Waals surface area contributed by atoms with Gasteiger partial charge >= 0.3 is 0 Å². The third kappa shape index (κ3) is 6.50. The van der Waals surface area contributed by atoms with Crippen LogP contribution in [0.25, 0.3) is 0 Å². The van der Waals surface area contributed by atoms with Gasteiger partial charge in [0.15, 0.2) is 5.96 Å². The predicted molar refractivity (Wildman–Crippen MR) is 79.6 cm³/mol. The van der Waals surface area contributed by atoms with Crippen molar-refractivity contribution in [2.24, 2.45) is 4.99 Å². The summed E-state index contributed by atoms with van der Waals surface area (Å²) < 4.78 is 24.3. The molecule has 0 unspecified atom stereocenters. The van der Waals surface area contributed by atoms with Gasteiger partial charge in [0.2, 0.25) is 0 Å². The van der Waals surface area contributed by atoms with Crippen molar-refractivity contribution in [3.05, 3.63) is 34.9 Å². The van der Waals surface area contributed by atoms with Gasteiger partial charge in [-0.1, -0.05) is 29.3 Å². The van der Waals surface area contributed by atoms with Gasteiger partial charge in [0.05, 0.1) is 0 Å². The topological polar surface area (TPSA) is 36.4 Å². The number of benzene rings is 1. The highest BCUT2D eigenvalue weighted by molar-refractivity contribution is 5.79. The van der Waals surface area contributed by atoms with Gasteiger partial charge in [0.1, 0.15) is 6.54 Å². The van der Waals surface area contributed by atoms with Crippen LogP contribution in [-0.2, 0) is 6.42 Å². The Morgan fingerprint density at radius 3 is 2.35 bits per heavy atom. The summed E-state index contributed by atoms with van der Waals surface area (Å²) in [5.74, 6) is 0.442. The van der Waals surface area contributed by atoms with Crippen molar-refractivity contribution in [3.63, 3.8) is 0 Å². The fraction of sp³-hybridized carbons (Fsp3) is 0.533. The lowest BCUT2D eigenvalue weighted by Gasteiger charge is -2.11. The van der Waals surface area contributed by atoms with Gasteiger partial charge in [-0.3, -0.25) is 0 Å². The van der Waals surface area contributed by atoms with Crippen molar-refractivity contribution in [2.75, 3.05) is 19.6 Å². The first kappa shape index (κ1) is 16.4. The highest BCUT2D eigenvalue weighted by atomic mass is 19.3. The van der Waals surface area contributed by atoms with E-state index in [9.17, 15) is 8.78 Å². The number of rotatable bonds is 6. The van der Waals surface area contributed by atoms with Gasteiger partial charge in [-0.15, -0.1) is 0 Å². The van der Waals surface area contributed by atoms with Crippen molar-refractivity contribution in [1.82, 2.24) is 10.6 Å². The Bertz CT molecular complexity index is 424. The maximum absolute atomic E-state index is 12.1. The quantitative estimate of drug-likeness (QED) is 0.622. The van der Waals surface area contributed by atoms with Crippen LogP contribution in [0, 0.1) is 13.8 Å². The number of alkyl halides is 2. The van der Waals surface area contributed by atoms with E-state index in [0.29, 0.717) is 19.0 Å². The van der Waals surface area contributed by atoms with Gasteiger partial charge < -0.3 is 10.6 Å². The molecule has 0 aromatic heterocycles. The molecule has 0 saturated heterocycles. The molecular weight excluding hydrogens is 260 g/mol. The van der Waals surface area contributed by atoms with E-state index in [1.54, 1.807) is 0 Å². The zero-order valence-corrected chi connectivity index (χ0v) is 12.3. The summed E-state index contributed by atoms with van der Waals surface area (Å²) in [6, 6.07) is 6.40. The number of aliphatic imine (C=N–C) groups is 1. The zero-order valence-electron chi connectivity index (χ0n) is 12.3. The molecule has 0 heterocycles. The molecule has 0 aliphatic carbocycles. The van der Waals surface area contributed by atoms with E-state index in [2.05, 4.69) is 47.7 Å². The lowest BCUT2D eigenvalue weighted by atomic mass is 10.1. The molecule has 2 N–H and O–H groups in total. The number of halogens is 2. The summed E-state index contributed by atoms with van der Waals surface area (Å²) in [6.07, 6.45) is -1.58. The number of aryl methyl sites for hydroxylation is 2. The zero-order chi connectivity index (χ0) is 15.0. The minimum absolute atomic E-state index is 0.442. The van der Waals surface area contributed by atoms with Crippen LogP contribution in [0.1, 0.15) is 23.6 Å². The second kappa shape index (κ2) is 8.51. The van der Waals surface area contributed by atoms with Crippen molar-refractivity contribution >= 4 is 5.96 Å². The van der Waals surface area contributed by atoms with Gasteiger partial charge in [-0.05, 0) is 32.8 Å². The van der Waals surface area contributed by atoms with Crippen LogP contribution in [0.3, 0.4) is 0 Å². The Morgan fingerprint density at radius 1 is 1.15 bits per heavy atom. The van der Waals surface area contributed by atoms with Crippen molar-refractivity contribution in [2.45, 2.75) is 33.6 Å². The van der Waals surface area contributed by atoms with Crippen LogP contribution >= 0.6 is 0 Å². The molecular formula is C15H23F2N3. The molecule has 0 saturated carbocycles. The fourth-order valence-corrected chi connectivity index (χ4v) is 2.04. The second-order valence-electron chi connectivity index (χ2n) is 4.78. The average molecular weight is 283 g/mol. The third-order valence-corrected chi connectivity index (χ3v) is 2.72. The van der Waals surface area contributed by atoms with E-state index < -0.39 is 13.0 Å². The molecule has 0 atom stereocenters. The van der Waals surface area contributed by atoms with Crippen LogP contribution < -0.4 is 10.6 Å². The Morgan fingerprint density at radius 2 is 1.80 bits per heavy atom. The Balaban J connectivity index is 2.49. The molecule has 0 aliphatic heterocycles. The minimum atomic E-state index is -2.41. The number of hydrogen-bond acceptors (Lipinski definition) is 1. The summed E-state index contributed by atoms with van der Waals surface area (Å²) in [7, 11) is 0. The lowest BCUT2D eigenvalue weighted by molar-refractivity contribution is 0.158. The highest BCUT2D eigenvalue weighted by Gasteiger charge is 2.03. The molecule has 1 aromatic rings. The van der Waals surface area contributed by atoms with E-state index in [1.165, 1.54) is 16.7 Å². The highest BCUT2D eigenvalue weighted by Crippen LogP contribution is 2.08. The van der Waals surface area contributed by atoms with E-state index in [-0.39, 0.29) is 0 Å². The van der Waals surface area contributed by atoms with E-state index in [4.69, 9.17) is 0 Å². The predicted octanol–water partition coefficient (Wildman–Crippen LogP) is 2.67. The van der Waals surface area contributed by atoms with Crippen LogP contribution in [-0.4, -0.2) is 32.0 Å². The summed E-state index contributed by atoms with van der Waals surface area (Å²) in [6.45, 7) is 6.88. The molecule has 0 spiro atoms.